The molecule has 3 fully saturated rings. The first-order valence-electron chi connectivity index (χ1n) is 7.38. The molecule has 2 aliphatic carbocycles. The number of rotatable bonds is 3. The summed E-state index contributed by atoms with van der Waals surface area (Å²) in [6.45, 7) is 2.79. The van der Waals surface area contributed by atoms with Crippen molar-refractivity contribution in [3.8, 4) is 0 Å². The number of nitrogens with one attached hydrogen (secondary N) is 2. The highest BCUT2D eigenvalue weighted by molar-refractivity contribution is 5.85. The van der Waals surface area contributed by atoms with Crippen LogP contribution in [0.4, 0.5) is 0 Å². The van der Waals surface area contributed by atoms with Gasteiger partial charge in [0, 0.05) is 18.4 Å². The Kier molecular flexibility index (Phi) is 4.75. The lowest BCUT2D eigenvalue weighted by molar-refractivity contribution is -0.123. The zero-order chi connectivity index (χ0) is 12.6. The molecule has 110 valence electrons. The molecule has 5 heteroatoms. The highest BCUT2D eigenvalue weighted by Crippen LogP contribution is 2.58. The van der Waals surface area contributed by atoms with Crippen LogP contribution >= 0.6 is 12.4 Å². The van der Waals surface area contributed by atoms with Crippen LogP contribution in [0.5, 0.6) is 0 Å². The van der Waals surface area contributed by atoms with Crippen molar-refractivity contribution in [2.24, 2.45) is 17.3 Å². The SMILES string of the molecule is Cl.O=C(NCC1CCCC1O)C1CC12CCNCC2. The number of carbonyl (C=O) groups is 1. The molecule has 1 heterocycles. The average molecular weight is 289 g/mol. The molecular weight excluding hydrogens is 264 g/mol. The molecule has 19 heavy (non-hydrogen) atoms. The van der Waals surface area contributed by atoms with E-state index < -0.39 is 0 Å². The molecule has 3 unspecified atom stereocenters. The fraction of sp³-hybridized carbons (Fsp3) is 0.929. The molecule has 0 aromatic heterocycles. The van der Waals surface area contributed by atoms with Gasteiger partial charge < -0.3 is 15.7 Å². The first-order valence-corrected chi connectivity index (χ1v) is 7.38. The van der Waals surface area contributed by atoms with E-state index in [9.17, 15) is 9.90 Å². The maximum absolute atomic E-state index is 12.1. The Balaban J connectivity index is 0.00000133. The molecule has 1 saturated heterocycles. The van der Waals surface area contributed by atoms with Crippen molar-refractivity contribution >= 4 is 18.3 Å². The second-order valence-corrected chi connectivity index (χ2v) is 6.37. The standard InChI is InChI=1S/C14H24N2O2.ClH/c17-12-3-1-2-10(12)9-16-13(18)11-8-14(11)4-6-15-7-5-14;/h10-12,15,17H,1-9H2,(H,16,18);1H. The Morgan fingerprint density at radius 3 is 2.68 bits per heavy atom. The first-order chi connectivity index (χ1) is 8.71. The van der Waals surface area contributed by atoms with Gasteiger partial charge in [-0.05, 0) is 50.6 Å². The third-order valence-corrected chi connectivity index (χ3v) is 5.26. The third kappa shape index (κ3) is 3.06. The highest BCUT2D eigenvalue weighted by Gasteiger charge is 2.57. The highest BCUT2D eigenvalue weighted by atomic mass is 35.5. The molecule has 3 N–H and O–H groups in total. The van der Waals surface area contributed by atoms with E-state index in [0.29, 0.717) is 12.0 Å². The Morgan fingerprint density at radius 2 is 2.05 bits per heavy atom. The number of hydrogen-bond donors (Lipinski definition) is 3. The summed E-state index contributed by atoms with van der Waals surface area (Å²) >= 11 is 0. The van der Waals surface area contributed by atoms with Crippen LogP contribution in [0, 0.1) is 17.3 Å². The molecular formula is C14H25ClN2O2. The van der Waals surface area contributed by atoms with Crippen molar-refractivity contribution < 1.29 is 9.90 Å². The van der Waals surface area contributed by atoms with E-state index >= 15 is 0 Å². The number of aliphatic hydroxyl groups is 1. The summed E-state index contributed by atoms with van der Waals surface area (Å²) in [6.07, 6.45) is 6.24. The van der Waals surface area contributed by atoms with Crippen LogP contribution in [-0.4, -0.2) is 36.8 Å². The van der Waals surface area contributed by atoms with E-state index in [1.54, 1.807) is 0 Å². The minimum absolute atomic E-state index is 0. The summed E-state index contributed by atoms with van der Waals surface area (Å²) < 4.78 is 0. The maximum Gasteiger partial charge on any atom is 0.223 e. The van der Waals surface area contributed by atoms with Crippen LogP contribution in [0.3, 0.4) is 0 Å². The molecule has 3 aliphatic rings. The molecule has 3 atom stereocenters. The largest absolute Gasteiger partial charge is 0.393 e. The lowest BCUT2D eigenvalue weighted by Crippen LogP contribution is -2.36. The van der Waals surface area contributed by atoms with Gasteiger partial charge in [-0.15, -0.1) is 12.4 Å². The molecule has 0 aromatic rings. The van der Waals surface area contributed by atoms with Crippen molar-refractivity contribution in [1.82, 2.24) is 10.6 Å². The number of hydrogen-bond acceptors (Lipinski definition) is 3. The Morgan fingerprint density at radius 1 is 1.32 bits per heavy atom. The smallest absolute Gasteiger partial charge is 0.223 e. The van der Waals surface area contributed by atoms with Gasteiger partial charge in [-0.3, -0.25) is 4.79 Å². The summed E-state index contributed by atoms with van der Waals surface area (Å²) in [6, 6.07) is 0. The second-order valence-electron chi connectivity index (χ2n) is 6.37. The van der Waals surface area contributed by atoms with Gasteiger partial charge in [0.05, 0.1) is 6.10 Å². The fourth-order valence-electron chi connectivity index (χ4n) is 3.81. The van der Waals surface area contributed by atoms with Gasteiger partial charge in [0.15, 0.2) is 0 Å². The molecule has 3 rings (SSSR count). The van der Waals surface area contributed by atoms with Gasteiger partial charge in [0.2, 0.25) is 5.91 Å². The van der Waals surface area contributed by atoms with Crippen molar-refractivity contribution in [3.05, 3.63) is 0 Å². The first kappa shape index (κ1) is 15.1. The van der Waals surface area contributed by atoms with Crippen LogP contribution < -0.4 is 10.6 Å². The van der Waals surface area contributed by atoms with Gasteiger partial charge in [-0.1, -0.05) is 6.42 Å². The number of halogens is 1. The second kappa shape index (κ2) is 5.98. The van der Waals surface area contributed by atoms with Gasteiger partial charge >= 0.3 is 0 Å². The molecule has 2 saturated carbocycles. The minimum atomic E-state index is -0.197. The van der Waals surface area contributed by atoms with Gasteiger partial charge in [0.25, 0.3) is 0 Å². The van der Waals surface area contributed by atoms with Gasteiger partial charge in [-0.2, -0.15) is 0 Å². The Hall–Kier alpha value is -0.320. The van der Waals surface area contributed by atoms with E-state index in [1.165, 1.54) is 0 Å². The Bertz CT molecular complexity index is 331. The number of amides is 1. The topological polar surface area (TPSA) is 61.4 Å². The van der Waals surface area contributed by atoms with Crippen molar-refractivity contribution in [2.75, 3.05) is 19.6 Å². The van der Waals surface area contributed by atoms with Crippen molar-refractivity contribution in [1.29, 1.82) is 0 Å². The predicted molar refractivity (Wildman–Crippen MR) is 76.2 cm³/mol. The van der Waals surface area contributed by atoms with E-state index in [1.807, 2.05) is 0 Å². The van der Waals surface area contributed by atoms with Crippen LogP contribution in [0.1, 0.15) is 38.5 Å². The summed E-state index contributed by atoms with van der Waals surface area (Å²) in [7, 11) is 0. The van der Waals surface area contributed by atoms with Crippen molar-refractivity contribution in [3.63, 3.8) is 0 Å². The quantitative estimate of drug-likeness (QED) is 0.728. The lowest BCUT2D eigenvalue weighted by Gasteiger charge is -2.23. The van der Waals surface area contributed by atoms with E-state index in [-0.39, 0.29) is 36.3 Å². The number of piperidine rings is 1. The molecule has 0 aromatic carbocycles. The monoisotopic (exact) mass is 288 g/mol. The lowest BCUT2D eigenvalue weighted by atomic mass is 9.91. The van der Waals surface area contributed by atoms with E-state index in [2.05, 4.69) is 10.6 Å². The minimum Gasteiger partial charge on any atom is -0.393 e. The summed E-state index contributed by atoms with van der Waals surface area (Å²) in [5.41, 5.74) is 0.323. The molecule has 4 nitrogen and oxygen atoms in total. The molecule has 0 bridgehead atoms. The summed E-state index contributed by atoms with van der Waals surface area (Å²) in [4.78, 5) is 12.1. The van der Waals surface area contributed by atoms with Gasteiger partial charge in [0.1, 0.15) is 0 Å². The van der Waals surface area contributed by atoms with Crippen LogP contribution in [0.15, 0.2) is 0 Å². The van der Waals surface area contributed by atoms with Crippen molar-refractivity contribution in [2.45, 2.75) is 44.6 Å². The molecule has 0 radical (unpaired) electrons. The zero-order valence-electron chi connectivity index (χ0n) is 11.4. The zero-order valence-corrected chi connectivity index (χ0v) is 12.2. The summed E-state index contributed by atoms with van der Waals surface area (Å²) in [5, 5.41) is 16.2. The molecule has 1 amide bonds. The Labute approximate surface area is 121 Å². The van der Waals surface area contributed by atoms with E-state index in [4.69, 9.17) is 0 Å². The third-order valence-electron chi connectivity index (χ3n) is 5.26. The average Bonchev–Trinajstić information content (AvgIpc) is 2.90. The van der Waals surface area contributed by atoms with Crippen LogP contribution in [0.25, 0.3) is 0 Å². The molecule has 1 aliphatic heterocycles. The normalized spacial score (nSPS) is 35.7. The maximum atomic E-state index is 12.1. The van der Waals surface area contributed by atoms with Crippen LogP contribution in [-0.2, 0) is 4.79 Å². The van der Waals surface area contributed by atoms with Gasteiger partial charge in [-0.25, -0.2) is 0 Å². The van der Waals surface area contributed by atoms with E-state index in [0.717, 1.165) is 51.6 Å². The number of aliphatic hydroxyl groups excluding tert-OH is 1. The number of carbonyl (C=O) groups excluding carboxylic acids is 1. The van der Waals surface area contributed by atoms with Crippen LogP contribution in [0.2, 0.25) is 0 Å². The fourth-order valence-corrected chi connectivity index (χ4v) is 3.81. The summed E-state index contributed by atoms with van der Waals surface area (Å²) in [5.74, 6) is 0.769. The predicted octanol–water partition coefficient (Wildman–Crippen LogP) is 1.08. The molecule has 1 spiro atoms.